The zero-order valence-electron chi connectivity index (χ0n) is 22.6. The molecule has 0 saturated heterocycles. The SMILES string of the molecule is C=C[C@@H](C)CC(=O)[C@@]1(O)[C@@H](C)[C@@H](OC(=O)NOC(=O)CCN(C)C)[C@@H](O)[C@H]2C(C)(C)CC[C@H](O)[C@@]21C. The van der Waals surface area contributed by atoms with Gasteiger partial charge in [-0.25, -0.2) is 9.59 Å². The van der Waals surface area contributed by atoms with Crippen LogP contribution < -0.4 is 5.48 Å². The summed E-state index contributed by atoms with van der Waals surface area (Å²) in [5.74, 6) is -3.27. The molecule has 2 aliphatic rings. The minimum absolute atomic E-state index is 0.0295. The second-order valence-electron chi connectivity index (χ2n) is 11.7. The minimum atomic E-state index is -2.11. The Morgan fingerprint density at radius 1 is 1.22 bits per heavy atom. The van der Waals surface area contributed by atoms with Gasteiger partial charge in [-0.15, -0.1) is 12.1 Å². The quantitative estimate of drug-likeness (QED) is 0.282. The van der Waals surface area contributed by atoms with Gasteiger partial charge in [0.2, 0.25) is 0 Å². The summed E-state index contributed by atoms with van der Waals surface area (Å²) in [6, 6.07) is 0. The van der Waals surface area contributed by atoms with Crippen molar-refractivity contribution in [1.29, 1.82) is 0 Å². The molecule has 0 unspecified atom stereocenters. The number of hydrogen-bond donors (Lipinski definition) is 4. The summed E-state index contributed by atoms with van der Waals surface area (Å²) in [6.07, 6.45) is -2.29. The number of ether oxygens (including phenoxy) is 1. The van der Waals surface area contributed by atoms with E-state index in [1.165, 1.54) is 6.92 Å². The van der Waals surface area contributed by atoms with Crippen LogP contribution in [0, 0.1) is 28.6 Å². The molecule has 2 saturated carbocycles. The standard InChI is InChI=1S/C26H44N2O8/c1-9-15(2)14-18(30)26(34)16(3)21(35-23(33)27-36-19(31)11-13-28(7)8)20(32)22-24(4,5)12-10-17(29)25(22,26)6/h9,15-17,20-22,29,32,34H,1,10-14H2,2-8H3,(H,27,33)/t15-,16+,17+,20-,21-,22+,25+,26+/m1/s1. The molecule has 0 bridgehead atoms. The number of hydroxylamine groups is 1. The lowest BCUT2D eigenvalue weighted by molar-refractivity contribution is -0.291. The van der Waals surface area contributed by atoms with Gasteiger partial charge in [0.05, 0.1) is 18.6 Å². The average molecular weight is 513 g/mol. The van der Waals surface area contributed by atoms with Crippen LogP contribution in [0.25, 0.3) is 0 Å². The molecule has 0 heterocycles. The fraction of sp³-hybridized carbons (Fsp3) is 0.808. The molecule has 206 valence electrons. The van der Waals surface area contributed by atoms with E-state index in [-0.39, 0.29) is 18.8 Å². The van der Waals surface area contributed by atoms with Crippen molar-refractivity contribution < 1.29 is 39.3 Å². The number of aliphatic hydroxyl groups is 3. The maximum absolute atomic E-state index is 13.7. The molecule has 2 fully saturated rings. The fourth-order valence-corrected chi connectivity index (χ4v) is 6.37. The van der Waals surface area contributed by atoms with Crippen LogP contribution in [0.15, 0.2) is 12.7 Å². The summed E-state index contributed by atoms with van der Waals surface area (Å²) in [6.45, 7) is 12.9. The number of nitrogens with zero attached hydrogens (tertiary/aromatic N) is 1. The van der Waals surface area contributed by atoms with E-state index in [0.29, 0.717) is 19.4 Å². The molecule has 10 nitrogen and oxygen atoms in total. The number of carbonyl (C=O) groups excluding carboxylic acids is 3. The zero-order valence-corrected chi connectivity index (χ0v) is 22.6. The first-order valence-electron chi connectivity index (χ1n) is 12.6. The largest absolute Gasteiger partial charge is 0.441 e. The van der Waals surface area contributed by atoms with E-state index in [1.54, 1.807) is 38.9 Å². The van der Waals surface area contributed by atoms with Crippen LogP contribution in [-0.2, 0) is 19.2 Å². The zero-order chi connectivity index (χ0) is 27.6. The van der Waals surface area contributed by atoms with Crippen LogP contribution >= 0.6 is 0 Å². The summed E-state index contributed by atoms with van der Waals surface area (Å²) in [5, 5.41) is 34.9. The molecule has 2 rings (SSSR count). The number of Topliss-reactive ketones (excluding diaryl/α,β-unsaturated/α-hetero) is 1. The number of amides is 1. The Morgan fingerprint density at radius 2 is 1.83 bits per heavy atom. The van der Waals surface area contributed by atoms with Crippen molar-refractivity contribution in [2.45, 2.75) is 84.2 Å². The molecule has 2 aliphatic carbocycles. The number of carbonyl (C=O) groups is 3. The van der Waals surface area contributed by atoms with Crippen molar-refractivity contribution in [3.8, 4) is 0 Å². The van der Waals surface area contributed by atoms with Crippen LogP contribution in [0.5, 0.6) is 0 Å². The first-order valence-corrected chi connectivity index (χ1v) is 12.6. The molecule has 0 aromatic rings. The predicted octanol–water partition coefficient (Wildman–Crippen LogP) is 1.82. The Labute approximate surface area is 214 Å². The lowest BCUT2D eigenvalue weighted by atomic mass is 9.41. The number of allylic oxidation sites excluding steroid dienone is 1. The van der Waals surface area contributed by atoms with E-state index < -0.39 is 64.4 Å². The Balaban J connectivity index is 2.39. The number of hydrogen-bond acceptors (Lipinski definition) is 9. The van der Waals surface area contributed by atoms with Crippen molar-refractivity contribution in [3.05, 3.63) is 12.7 Å². The number of nitrogens with one attached hydrogen (secondary N) is 1. The van der Waals surface area contributed by atoms with Gasteiger partial charge < -0.3 is 29.8 Å². The van der Waals surface area contributed by atoms with Crippen LogP contribution in [0.3, 0.4) is 0 Å². The molecule has 0 aliphatic heterocycles. The highest BCUT2D eigenvalue weighted by molar-refractivity contribution is 5.89. The van der Waals surface area contributed by atoms with E-state index in [1.807, 2.05) is 19.3 Å². The van der Waals surface area contributed by atoms with Gasteiger partial charge in [0.25, 0.3) is 0 Å². The molecule has 1 amide bonds. The second-order valence-corrected chi connectivity index (χ2v) is 11.7. The summed E-state index contributed by atoms with van der Waals surface area (Å²) >= 11 is 0. The summed E-state index contributed by atoms with van der Waals surface area (Å²) in [7, 11) is 3.58. The first kappa shape index (κ1) is 30.2. The van der Waals surface area contributed by atoms with Crippen molar-refractivity contribution >= 4 is 17.8 Å². The maximum atomic E-state index is 13.7. The van der Waals surface area contributed by atoms with Crippen LogP contribution in [-0.4, -0.2) is 82.6 Å². The normalized spacial score (nSPS) is 36.4. The van der Waals surface area contributed by atoms with Crippen LogP contribution in [0.1, 0.15) is 60.3 Å². The molecular formula is C26H44N2O8. The number of rotatable bonds is 8. The van der Waals surface area contributed by atoms with Gasteiger partial charge in [-0.3, -0.25) is 4.79 Å². The fourth-order valence-electron chi connectivity index (χ4n) is 6.37. The number of aliphatic hydroxyl groups excluding tert-OH is 2. The molecule has 36 heavy (non-hydrogen) atoms. The van der Waals surface area contributed by atoms with Crippen LogP contribution in [0.2, 0.25) is 0 Å². The summed E-state index contributed by atoms with van der Waals surface area (Å²) in [4.78, 5) is 44.6. The smallest absolute Gasteiger partial charge is 0.441 e. The van der Waals surface area contributed by atoms with E-state index in [9.17, 15) is 29.7 Å². The molecular weight excluding hydrogens is 468 g/mol. The molecule has 0 radical (unpaired) electrons. The minimum Gasteiger partial charge on any atom is -0.441 e. The van der Waals surface area contributed by atoms with Gasteiger partial charge in [0.1, 0.15) is 11.7 Å². The molecule has 0 aromatic carbocycles. The molecule has 10 heteroatoms. The lowest BCUT2D eigenvalue weighted by Gasteiger charge is -2.66. The summed E-state index contributed by atoms with van der Waals surface area (Å²) in [5.41, 5.74) is -2.18. The van der Waals surface area contributed by atoms with Crippen molar-refractivity contribution in [1.82, 2.24) is 10.4 Å². The van der Waals surface area contributed by atoms with Gasteiger partial charge in [-0.1, -0.05) is 40.7 Å². The van der Waals surface area contributed by atoms with Gasteiger partial charge in [0.15, 0.2) is 5.78 Å². The average Bonchev–Trinajstić information content (AvgIpc) is 2.79. The Morgan fingerprint density at radius 3 is 2.39 bits per heavy atom. The Kier molecular flexibility index (Phi) is 9.37. The highest BCUT2D eigenvalue weighted by Gasteiger charge is 2.73. The van der Waals surface area contributed by atoms with E-state index in [4.69, 9.17) is 9.57 Å². The van der Waals surface area contributed by atoms with Crippen molar-refractivity contribution in [3.63, 3.8) is 0 Å². The topological polar surface area (TPSA) is 146 Å². The number of fused-ring (bicyclic) bond motifs is 1. The van der Waals surface area contributed by atoms with Crippen molar-refractivity contribution in [2.75, 3.05) is 20.6 Å². The van der Waals surface area contributed by atoms with Crippen LogP contribution in [0.4, 0.5) is 4.79 Å². The van der Waals surface area contributed by atoms with Gasteiger partial charge in [-0.2, -0.15) is 0 Å². The molecule has 0 aromatic heterocycles. The van der Waals surface area contributed by atoms with Gasteiger partial charge in [0, 0.05) is 30.2 Å². The van der Waals surface area contributed by atoms with E-state index >= 15 is 0 Å². The lowest BCUT2D eigenvalue weighted by Crippen LogP contribution is -2.77. The first-order chi connectivity index (χ1) is 16.5. The second kappa shape index (κ2) is 11.2. The Bertz CT molecular complexity index is 846. The molecule has 8 atom stereocenters. The summed E-state index contributed by atoms with van der Waals surface area (Å²) < 4.78 is 5.49. The monoisotopic (exact) mass is 512 g/mol. The highest BCUT2D eigenvalue weighted by atomic mass is 16.7. The van der Waals surface area contributed by atoms with Gasteiger partial charge >= 0.3 is 12.1 Å². The van der Waals surface area contributed by atoms with Crippen molar-refractivity contribution in [2.24, 2.45) is 28.6 Å². The maximum Gasteiger partial charge on any atom is 0.441 e. The molecule has 4 N–H and O–H groups in total. The van der Waals surface area contributed by atoms with Gasteiger partial charge in [-0.05, 0) is 38.3 Å². The van der Waals surface area contributed by atoms with E-state index in [0.717, 1.165) is 0 Å². The number of ketones is 1. The van der Waals surface area contributed by atoms with E-state index in [2.05, 4.69) is 6.58 Å². The highest BCUT2D eigenvalue weighted by Crippen LogP contribution is 2.63. The third-order valence-corrected chi connectivity index (χ3v) is 8.48. The third-order valence-electron chi connectivity index (χ3n) is 8.48. The third kappa shape index (κ3) is 5.46. The molecule has 0 spiro atoms. The Hall–Kier alpha value is -2.01. The predicted molar refractivity (Wildman–Crippen MR) is 132 cm³/mol.